The number of rotatable bonds is 6. The Morgan fingerprint density at radius 3 is 2.62 bits per heavy atom. The summed E-state index contributed by atoms with van der Waals surface area (Å²) in [5.74, 6) is 0.385. The first kappa shape index (κ1) is 14.7. The second kappa shape index (κ2) is 6.65. The van der Waals surface area contributed by atoms with Gasteiger partial charge < -0.3 is 20.9 Å². The van der Waals surface area contributed by atoms with Gasteiger partial charge in [0.1, 0.15) is 11.5 Å². The van der Waals surface area contributed by atoms with Gasteiger partial charge in [0.25, 0.3) is 5.91 Å². The van der Waals surface area contributed by atoms with E-state index in [0.29, 0.717) is 18.0 Å². The maximum Gasteiger partial charge on any atom is 0.255 e. The van der Waals surface area contributed by atoms with E-state index in [1.165, 1.54) is 0 Å². The number of para-hydroxylation sites is 1. The molecule has 0 aliphatic rings. The minimum atomic E-state index is -0.507. The lowest BCUT2D eigenvalue weighted by Gasteiger charge is -2.10. The summed E-state index contributed by atoms with van der Waals surface area (Å²) in [5, 5.41) is 13.2. The quantitative estimate of drug-likeness (QED) is 0.760. The summed E-state index contributed by atoms with van der Waals surface area (Å²) in [7, 11) is 0. The minimum absolute atomic E-state index is 0.135. The normalized spacial score (nSPS) is 10.1. The molecule has 2 rings (SSSR count). The number of primary amides is 1. The zero-order chi connectivity index (χ0) is 15.2. The van der Waals surface area contributed by atoms with E-state index < -0.39 is 5.91 Å². The van der Waals surface area contributed by atoms with E-state index in [4.69, 9.17) is 10.5 Å². The van der Waals surface area contributed by atoms with Gasteiger partial charge >= 0.3 is 0 Å². The number of nitrogens with two attached hydrogens (primary N) is 1. The lowest BCUT2D eigenvalue weighted by atomic mass is 10.1. The first-order valence-corrected chi connectivity index (χ1v) is 6.59. The Morgan fingerprint density at radius 2 is 1.95 bits per heavy atom. The lowest BCUT2D eigenvalue weighted by Crippen LogP contribution is -2.19. The molecule has 0 atom stereocenters. The zero-order valence-electron chi connectivity index (χ0n) is 11.8. The molecular weight excluding hydrogens is 268 g/mol. The second-order valence-corrected chi connectivity index (χ2v) is 4.72. The molecule has 0 saturated heterocycles. The van der Waals surface area contributed by atoms with Crippen LogP contribution in [0.4, 0.5) is 5.69 Å². The van der Waals surface area contributed by atoms with Crippen LogP contribution in [0.1, 0.15) is 11.1 Å². The van der Waals surface area contributed by atoms with Crippen LogP contribution < -0.4 is 15.8 Å². The summed E-state index contributed by atoms with van der Waals surface area (Å²) >= 11 is 0. The number of benzene rings is 2. The number of hydrogen-bond donors (Lipinski definition) is 3. The van der Waals surface area contributed by atoms with Gasteiger partial charge in [-0.15, -0.1) is 0 Å². The minimum Gasteiger partial charge on any atom is -0.507 e. The van der Waals surface area contributed by atoms with Crippen LogP contribution >= 0.6 is 0 Å². The standard InChI is InChI=1S/C16H18N2O3/c1-11-3-2-4-12(16(11)20)9-18-13-5-7-14(8-6-13)21-10-15(17)19/h2-8,18,20H,9-10H2,1H3,(H2,17,19). The third-order valence-corrected chi connectivity index (χ3v) is 3.04. The molecule has 0 unspecified atom stereocenters. The highest BCUT2D eigenvalue weighted by Crippen LogP contribution is 2.23. The van der Waals surface area contributed by atoms with E-state index in [-0.39, 0.29) is 6.61 Å². The van der Waals surface area contributed by atoms with E-state index >= 15 is 0 Å². The van der Waals surface area contributed by atoms with Crippen molar-refractivity contribution in [1.82, 2.24) is 0 Å². The van der Waals surface area contributed by atoms with Crippen molar-refractivity contribution in [1.29, 1.82) is 0 Å². The first-order valence-electron chi connectivity index (χ1n) is 6.59. The number of nitrogens with one attached hydrogen (secondary N) is 1. The van der Waals surface area contributed by atoms with Crippen LogP contribution in [0.3, 0.4) is 0 Å². The predicted octanol–water partition coefficient (Wildman–Crippen LogP) is 2.18. The van der Waals surface area contributed by atoms with Gasteiger partial charge in [-0.2, -0.15) is 0 Å². The van der Waals surface area contributed by atoms with Gasteiger partial charge in [0.2, 0.25) is 0 Å². The number of carbonyl (C=O) groups is 1. The predicted molar refractivity (Wildman–Crippen MR) is 81.3 cm³/mol. The molecule has 0 radical (unpaired) electrons. The Bertz CT molecular complexity index is 624. The van der Waals surface area contributed by atoms with Crippen molar-refractivity contribution in [3.05, 3.63) is 53.6 Å². The number of phenols is 1. The fourth-order valence-electron chi connectivity index (χ4n) is 1.88. The molecule has 21 heavy (non-hydrogen) atoms. The number of phenolic OH excluding ortho intramolecular Hbond substituents is 1. The molecular formula is C16H18N2O3. The number of aromatic hydroxyl groups is 1. The van der Waals surface area contributed by atoms with Crippen molar-refractivity contribution < 1.29 is 14.6 Å². The number of ether oxygens (including phenoxy) is 1. The molecule has 2 aromatic rings. The van der Waals surface area contributed by atoms with Gasteiger partial charge in [0, 0.05) is 17.8 Å². The summed E-state index contributed by atoms with van der Waals surface area (Å²) in [4.78, 5) is 10.6. The van der Waals surface area contributed by atoms with Gasteiger partial charge in [-0.05, 0) is 36.8 Å². The molecule has 5 nitrogen and oxygen atoms in total. The highest BCUT2D eigenvalue weighted by atomic mass is 16.5. The monoisotopic (exact) mass is 286 g/mol. The molecule has 0 aliphatic carbocycles. The fourth-order valence-corrected chi connectivity index (χ4v) is 1.88. The van der Waals surface area contributed by atoms with E-state index in [2.05, 4.69) is 5.32 Å². The number of hydrogen-bond acceptors (Lipinski definition) is 4. The third kappa shape index (κ3) is 4.14. The molecule has 2 aromatic carbocycles. The van der Waals surface area contributed by atoms with E-state index in [1.54, 1.807) is 12.1 Å². The average molecular weight is 286 g/mol. The van der Waals surface area contributed by atoms with Crippen LogP contribution in [-0.4, -0.2) is 17.6 Å². The first-order chi connectivity index (χ1) is 10.1. The molecule has 0 heterocycles. The van der Waals surface area contributed by atoms with E-state index in [1.807, 2.05) is 37.3 Å². The Hall–Kier alpha value is -2.69. The van der Waals surface area contributed by atoms with Gasteiger partial charge in [0.15, 0.2) is 6.61 Å². The molecule has 0 spiro atoms. The maximum atomic E-state index is 10.6. The molecule has 1 amide bonds. The van der Waals surface area contributed by atoms with Crippen molar-refractivity contribution in [2.24, 2.45) is 5.73 Å². The summed E-state index contributed by atoms with van der Waals surface area (Å²) < 4.78 is 5.18. The maximum absolute atomic E-state index is 10.6. The van der Waals surface area contributed by atoms with Gasteiger partial charge in [0.05, 0.1) is 0 Å². The largest absolute Gasteiger partial charge is 0.507 e. The van der Waals surface area contributed by atoms with Crippen LogP contribution in [-0.2, 0) is 11.3 Å². The lowest BCUT2D eigenvalue weighted by molar-refractivity contribution is -0.119. The summed E-state index contributed by atoms with van der Waals surface area (Å²) in [6, 6.07) is 12.8. The Balaban J connectivity index is 1.94. The SMILES string of the molecule is Cc1cccc(CNc2ccc(OCC(N)=O)cc2)c1O. The molecule has 0 fully saturated rings. The number of aryl methyl sites for hydroxylation is 1. The van der Waals surface area contributed by atoms with E-state index in [9.17, 15) is 9.90 Å². The van der Waals surface area contributed by atoms with Crippen LogP contribution in [0.15, 0.2) is 42.5 Å². The van der Waals surface area contributed by atoms with Crippen LogP contribution in [0.5, 0.6) is 11.5 Å². The van der Waals surface area contributed by atoms with Crippen molar-refractivity contribution in [2.75, 3.05) is 11.9 Å². The van der Waals surface area contributed by atoms with Crippen molar-refractivity contribution >= 4 is 11.6 Å². The van der Waals surface area contributed by atoms with Crippen LogP contribution in [0, 0.1) is 6.92 Å². The molecule has 110 valence electrons. The molecule has 0 aromatic heterocycles. The van der Waals surface area contributed by atoms with Crippen molar-refractivity contribution in [2.45, 2.75) is 13.5 Å². The fraction of sp³-hybridized carbons (Fsp3) is 0.188. The zero-order valence-corrected chi connectivity index (χ0v) is 11.8. The number of carbonyl (C=O) groups excluding carboxylic acids is 1. The number of anilines is 1. The van der Waals surface area contributed by atoms with Crippen molar-refractivity contribution in [3.63, 3.8) is 0 Å². The average Bonchev–Trinajstić information content (AvgIpc) is 2.48. The van der Waals surface area contributed by atoms with Crippen molar-refractivity contribution in [3.8, 4) is 11.5 Å². The summed E-state index contributed by atoms with van der Waals surface area (Å²) in [5.41, 5.74) is 7.59. The Morgan fingerprint density at radius 1 is 1.24 bits per heavy atom. The summed E-state index contributed by atoms with van der Waals surface area (Å²) in [6.45, 7) is 2.25. The third-order valence-electron chi connectivity index (χ3n) is 3.04. The van der Waals surface area contributed by atoms with Gasteiger partial charge in [-0.1, -0.05) is 18.2 Å². The topological polar surface area (TPSA) is 84.6 Å². The molecule has 0 aliphatic heterocycles. The molecule has 5 heteroatoms. The smallest absolute Gasteiger partial charge is 0.255 e. The Labute approximate surface area is 123 Å². The molecule has 0 saturated carbocycles. The van der Waals surface area contributed by atoms with E-state index in [0.717, 1.165) is 16.8 Å². The highest BCUT2D eigenvalue weighted by Gasteiger charge is 2.03. The molecule has 4 N–H and O–H groups in total. The Kier molecular flexibility index (Phi) is 4.66. The van der Waals surface area contributed by atoms with Crippen LogP contribution in [0.25, 0.3) is 0 Å². The number of amides is 1. The molecule has 0 bridgehead atoms. The van der Waals surface area contributed by atoms with Gasteiger partial charge in [-0.25, -0.2) is 0 Å². The van der Waals surface area contributed by atoms with Crippen LogP contribution in [0.2, 0.25) is 0 Å². The highest BCUT2D eigenvalue weighted by molar-refractivity contribution is 5.75. The second-order valence-electron chi connectivity index (χ2n) is 4.72. The summed E-state index contributed by atoms with van der Waals surface area (Å²) in [6.07, 6.45) is 0. The van der Waals surface area contributed by atoms with Gasteiger partial charge in [-0.3, -0.25) is 4.79 Å².